The summed E-state index contributed by atoms with van der Waals surface area (Å²) in [7, 11) is 3.15. The molecule has 0 bridgehead atoms. The second kappa shape index (κ2) is 10.7. The number of methoxy groups -OCH3 is 2. The third kappa shape index (κ3) is 5.99. The van der Waals surface area contributed by atoms with Gasteiger partial charge >= 0.3 is 0 Å². The number of furan rings is 1. The van der Waals surface area contributed by atoms with Crippen LogP contribution in [0.5, 0.6) is 11.5 Å². The number of aromatic nitrogens is 2. The average molecular weight is 424 g/mol. The van der Waals surface area contributed by atoms with Gasteiger partial charge in [0.15, 0.2) is 11.5 Å². The normalized spacial score (nSPS) is 10.8. The van der Waals surface area contributed by atoms with Gasteiger partial charge in [0.25, 0.3) is 0 Å². The number of carbonyl (C=O) groups is 2. The minimum Gasteiger partial charge on any atom is -0.493 e. The molecule has 0 aliphatic heterocycles. The Balaban J connectivity index is 1.52. The highest BCUT2D eigenvalue weighted by Gasteiger charge is 2.13. The molecule has 2 N–H and O–H groups in total. The molecule has 0 saturated heterocycles. The zero-order chi connectivity index (χ0) is 22.1. The number of amides is 2. The lowest BCUT2D eigenvalue weighted by Gasteiger charge is -2.14. The van der Waals surface area contributed by atoms with E-state index < -0.39 is 0 Å². The highest BCUT2D eigenvalue weighted by atomic mass is 16.5. The fraction of sp³-hybridized carbons (Fsp3) is 0.227. The Labute approximate surface area is 179 Å². The smallest absolute Gasteiger partial charge is 0.244 e. The molecule has 9 heteroatoms. The van der Waals surface area contributed by atoms with Gasteiger partial charge in [-0.15, -0.1) is 0 Å². The molecule has 0 aliphatic rings. The molecular formula is C22H24N4O5. The Hall–Kier alpha value is -4.01. The van der Waals surface area contributed by atoms with Crippen molar-refractivity contribution in [1.82, 2.24) is 15.1 Å². The number of carbonyl (C=O) groups excluding carboxylic acids is 2. The van der Waals surface area contributed by atoms with Gasteiger partial charge in [-0.2, -0.15) is 5.10 Å². The van der Waals surface area contributed by atoms with Gasteiger partial charge in [0, 0.05) is 30.7 Å². The lowest BCUT2D eigenvalue weighted by Crippen LogP contribution is -2.26. The van der Waals surface area contributed by atoms with Crippen LogP contribution in [0.3, 0.4) is 0 Å². The first-order chi connectivity index (χ1) is 15.1. The number of nitrogens with zero attached hydrogens (tertiary/aromatic N) is 2. The maximum atomic E-state index is 12.3. The van der Waals surface area contributed by atoms with Crippen molar-refractivity contribution in [2.45, 2.75) is 13.0 Å². The maximum Gasteiger partial charge on any atom is 0.244 e. The first kappa shape index (κ1) is 21.7. The molecule has 0 spiro atoms. The van der Waals surface area contributed by atoms with Crippen LogP contribution < -0.4 is 20.1 Å². The number of ether oxygens (including phenoxy) is 2. The van der Waals surface area contributed by atoms with E-state index in [2.05, 4.69) is 15.7 Å². The SMILES string of the molecule is COc1cccc(Cn2nccc2NC(=O)CCNC(=O)/C=C/c2ccco2)c1OC. The van der Waals surface area contributed by atoms with Crippen molar-refractivity contribution in [3.63, 3.8) is 0 Å². The summed E-state index contributed by atoms with van der Waals surface area (Å²) in [6, 6.07) is 10.8. The molecule has 162 valence electrons. The summed E-state index contributed by atoms with van der Waals surface area (Å²) in [5.41, 5.74) is 0.858. The first-order valence-corrected chi connectivity index (χ1v) is 9.61. The van der Waals surface area contributed by atoms with Crippen LogP contribution in [0.2, 0.25) is 0 Å². The van der Waals surface area contributed by atoms with E-state index in [9.17, 15) is 9.59 Å². The van der Waals surface area contributed by atoms with Crippen LogP contribution in [0, 0.1) is 0 Å². The minimum absolute atomic E-state index is 0.119. The maximum absolute atomic E-state index is 12.3. The molecule has 0 atom stereocenters. The molecule has 2 heterocycles. The summed E-state index contributed by atoms with van der Waals surface area (Å²) in [6.07, 6.45) is 6.16. The lowest BCUT2D eigenvalue weighted by molar-refractivity contribution is -0.117. The lowest BCUT2D eigenvalue weighted by atomic mass is 10.2. The van der Waals surface area contributed by atoms with E-state index in [1.165, 1.54) is 12.3 Å². The van der Waals surface area contributed by atoms with E-state index in [1.807, 2.05) is 18.2 Å². The van der Waals surface area contributed by atoms with Gasteiger partial charge in [-0.1, -0.05) is 12.1 Å². The Morgan fingerprint density at radius 2 is 2.03 bits per heavy atom. The van der Waals surface area contributed by atoms with Crippen LogP contribution in [0.25, 0.3) is 6.08 Å². The van der Waals surface area contributed by atoms with Gasteiger partial charge in [0.2, 0.25) is 11.8 Å². The Bertz CT molecular complexity index is 1040. The van der Waals surface area contributed by atoms with Crippen molar-refractivity contribution in [1.29, 1.82) is 0 Å². The van der Waals surface area contributed by atoms with E-state index >= 15 is 0 Å². The van der Waals surface area contributed by atoms with Gasteiger partial charge in [-0.05, 0) is 24.3 Å². The van der Waals surface area contributed by atoms with Crippen molar-refractivity contribution in [2.75, 3.05) is 26.1 Å². The van der Waals surface area contributed by atoms with E-state index in [0.29, 0.717) is 29.6 Å². The fourth-order valence-electron chi connectivity index (χ4n) is 2.91. The number of para-hydroxylation sites is 1. The van der Waals surface area contributed by atoms with Crippen LogP contribution in [0.4, 0.5) is 5.82 Å². The molecule has 1 aromatic carbocycles. The van der Waals surface area contributed by atoms with E-state index in [-0.39, 0.29) is 24.8 Å². The molecule has 0 aliphatic carbocycles. The first-order valence-electron chi connectivity index (χ1n) is 9.61. The van der Waals surface area contributed by atoms with E-state index in [1.54, 1.807) is 49.4 Å². The van der Waals surface area contributed by atoms with Crippen molar-refractivity contribution in [2.24, 2.45) is 0 Å². The van der Waals surface area contributed by atoms with Crippen molar-refractivity contribution in [3.05, 3.63) is 66.3 Å². The zero-order valence-electron chi connectivity index (χ0n) is 17.3. The molecule has 3 rings (SSSR count). The molecule has 0 unspecified atom stereocenters. The fourth-order valence-corrected chi connectivity index (χ4v) is 2.91. The van der Waals surface area contributed by atoms with Crippen LogP contribution in [-0.4, -0.2) is 42.4 Å². The van der Waals surface area contributed by atoms with Crippen molar-refractivity contribution >= 4 is 23.7 Å². The summed E-state index contributed by atoms with van der Waals surface area (Å²) in [6.45, 7) is 0.586. The molecule has 31 heavy (non-hydrogen) atoms. The third-order valence-corrected chi connectivity index (χ3v) is 4.38. The number of hydrogen-bond donors (Lipinski definition) is 2. The second-order valence-electron chi connectivity index (χ2n) is 6.46. The highest BCUT2D eigenvalue weighted by Crippen LogP contribution is 2.31. The summed E-state index contributed by atoms with van der Waals surface area (Å²) >= 11 is 0. The summed E-state index contributed by atoms with van der Waals surface area (Å²) in [5.74, 6) is 1.81. The highest BCUT2D eigenvalue weighted by molar-refractivity contribution is 5.93. The average Bonchev–Trinajstić information content (AvgIpc) is 3.44. The predicted molar refractivity (Wildman–Crippen MR) is 115 cm³/mol. The van der Waals surface area contributed by atoms with Gasteiger partial charge < -0.3 is 24.5 Å². The largest absolute Gasteiger partial charge is 0.493 e. The molecule has 2 amide bonds. The molecular weight excluding hydrogens is 400 g/mol. The summed E-state index contributed by atoms with van der Waals surface area (Å²) < 4.78 is 17.5. The number of benzene rings is 1. The molecule has 9 nitrogen and oxygen atoms in total. The number of nitrogens with one attached hydrogen (secondary N) is 2. The molecule has 2 aromatic heterocycles. The minimum atomic E-state index is -0.306. The Kier molecular flexibility index (Phi) is 7.47. The summed E-state index contributed by atoms with van der Waals surface area (Å²) in [5, 5.41) is 9.74. The molecule has 3 aromatic rings. The summed E-state index contributed by atoms with van der Waals surface area (Å²) in [4.78, 5) is 24.1. The van der Waals surface area contributed by atoms with Crippen LogP contribution in [0.1, 0.15) is 17.7 Å². The second-order valence-corrected chi connectivity index (χ2v) is 6.46. The van der Waals surface area contributed by atoms with E-state index in [4.69, 9.17) is 13.9 Å². The Morgan fingerprint density at radius 1 is 1.16 bits per heavy atom. The van der Waals surface area contributed by atoms with Gasteiger partial charge in [-0.25, -0.2) is 4.68 Å². The van der Waals surface area contributed by atoms with Crippen molar-refractivity contribution < 1.29 is 23.5 Å². The Morgan fingerprint density at radius 3 is 2.77 bits per heavy atom. The number of hydrogen-bond acceptors (Lipinski definition) is 6. The van der Waals surface area contributed by atoms with Gasteiger partial charge in [0.1, 0.15) is 11.6 Å². The van der Waals surface area contributed by atoms with Gasteiger partial charge in [0.05, 0.1) is 33.2 Å². The van der Waals surface area contributed by atoms with Gasteiger partial charge in [-0.3, -0.25) is 9.59 Å². The quantitative estimate of drug-likeness (QED) is 0.485. The standard InChI is InChI=1S/C22H24N4O5/c1-29-18-7-3-5-16(22(18)30-2)15-26-19(10-13-24-26)25-21(28)11-12-23-20(27)9-8-17-6-4-14-31-17/h3-10,13-14H,11-12,15H2,1-2H3,(H,23,27)(H,25,28)/b9-8+. The molecule has 0 saturated carbocycles. The van der Waals surface area contributed by atoms with E-state index in [0.717, 1.165) is 5.56 Å². The monoisotopic (exact) mass is 424 g/mol. The zero-order valence-corrected chi connectivity index (χ0v) is 17.3. The van der Waals surface area contributed by atoms with Crippen LogP contribution in [0.15, 0.2) is 59.4 Å². The molecule has 0 fully saturated rings. The topological polar surface area (TPSA) is 108 Å². The third-order valence-electron chi connectivity index (χ3n) is 4.38. The van der Waals surface area contributed by atoms with Crippen LogP contribution >= 0.6 is 0 Å². The molecule has 0 radical (unpaired) electrons. The van der Waals surface area contributed by atoms with Crippen molar-refractivity contribution in [3.8, 4) is 11.5 Å². The number of rotatable bonds is 10. The number of anilines is 1. The van der Waals surface area contributed by atoms with Crippen LogP contribution in [-0.2, 0) is 16.1 Å². The predicted octanol–water partition coefficient (Wildman–Crippen LogP) is 2.70.